The fourth-order valence-corrected chi connectivity index (χ4v) is 3.86. The molecule has 1 aliphatic rings. The van der Waals surface area contributed by atoms with Crippen molar-refractivity contribution in [2.75, 3.05) is 0 Å². The van der Waals surface area contributed by atoms with Gasteiger partial charge in [-0.3, -0.25) is 5.43 Å². The van der Waals surface area contributed by atoms with Crippen LogP contribution in [-0.4, -0.2) is 14.1 Å². The summed E-state index contributed by atoms with van der Waals surface area (Å²) in [5.74, 6) is 0. The molecule has 1 aliphatic heterocycles. The van der Waals surface area contributed by atoms with Gasteiger partial charge < -0.3 is 14.1 Å². The zero-order valence-corrected chi connectivity index (χ0v) is 13.7. The summed E-state index contributed by atoms with van der Waals surface area (Å²) in [6.07, 6.45) is 0. The standard InChI is InChI=1S/C17H13BrN4O/c18-11-4-5-14-15(7-11)22-12(8-23)6-10-2-1-3-13(16(10)22)17-20-19-9-21(14)17/h1-7,19,23H,8-9H2. The van der Waals surface area contributed by atoms with Gasteiger partial charge in [-0.15, -0.1) is 0 Å². The van der Waals surface area contributed by atoms with Crippen LogP contribution in [-0.2, 0) is 13.3 Å². The third-order valence-corrected chi connectivity index (χ3v) is 4.93. The van der Waals surface area contributed by atoms with Crippen LogP contribution in [0.25, 0.3) is 27.3 Å². The van der Waals surface area contributed by atoms with Crippen LogP contribution >= 0.6 is 15.9 Å². The Labute approximate surface area is 139 Å². The average molecular weight is 369 g/mol. The van der Waals surface area contributed by atoms with Crippen LogP contribution in [0.3, 0.4) is 0 Å². The maximum atomic E-state index is 9.87. The van der Waals surface area contributed by atoms with Gasteiger partial charge in [-0.1, -0.05) is 28.1 Å². The van der Waals surface area contributed by atoms with Crippen molar-refractivity contribution in [3.63, 3.8) is 0 Å². The summed E-state index contributed by atoms with van der Waals surface area (Å²) < 4.78 is 5.32. The average Bonchev–Trinajstić information content (AvgIpc) is 3.16. The summed E-state index contributed by atoms with van der Waals surface area (Å²) in [4.78, 5) is 0. The molecule has 2 aromatic heterocycles. The minimum absolute atomic E-state index is 0.00913. The first kappa shape index (κ1) is 13.2. The lowest BCUT2D eigenvalue weighted by molar-refractivity contribution is 0.276. The minimum atomic E-state index is -0.00913. The van der Waals surface area contributed by atoms with Crippen molar-refractivity contribution in [2.24, 2.45) is 5.10 Å². The molecule has 0 fully saturated rings. The van der Waals surface area contributed by atoms with Gasteiger partial charge >= 0.3 is 0 Å². The number of nitrogens with zero attached hydrogens (tertiary/aromatic N) is 3. The number of rotatable bonds is 1. The van der Waals surface area contributed by atoms with E-state index in [1.165, 1.54) is 0 Å². The monoisotopic (exact) mass is 368 g/mol. The van der Waals surface area contributed by atoms with E-state index < -0.39 is 0 Å². The molecule has 5 rings (SSSR count). The summed E-state index contributed by atoms with van der Waals surface area (Å²) in [5.41, 5.74) is 8.07. The quantitative estimate of drug-likeness (QED) is 0.542. The maximum absolute atomic E-state index is 9.87. The van der Waals surface area contributed by atoms with Crippen molar-refractivity contribution < 1.29 is 5.11 Å². The van der Waals surface area contributed by atoms with Crippen molar-refractivity contribution in [3.8, 4) is 0 Å². The topological polar surface area (TPSA) is 54.0 Å². The normalized spacial score (nSPS) is 13.5. The highest BCUT2D eigenvalue weighted by atomic mass is 79.9. The lowest BCUT2D eigenvalue weighted by Gasteiger charge is -2.06. The van der Waals surface area contributed by atoms with Crippen LogP contribution in [0, 0.1) is 0 Å². The summed E-state index contributed by atoms with van der Waals surface area (Å²) in [6.45, 7) is 0.629. The number of halogens is 1. The smallest absolute Gasteiger partial charge is 0.163 e. The molecule has 0 saturated carbocycles. The Balaban J connectivity index is 2.25. The van der Waals surface area contributed by atoms with Crippen molar-refractivity contribution >= 4 is 43.3 Å². The van der Waals surface area contributed by atoms with Crippen molar-refractivity contribution in [1.29, 1.82) is 0 Å². The third kappa shape index (κ3) is 1.67. The second-order valence-corrected chi connectivity index (χ2v) is 6.60. The highest BCUT2D eigenvalue weighted by Crippen LogP contribution is 2.28. The molecule has 0 radical (unpaired) electrons. The maximum Gasteiger partial charge on any atom is 0.163 e. The number of para-hydroxylation sites is 1. The fourth-order valence-electron chi connectivity index (χ4n) is 3.51. The Morgan fingerprint density at radius 1 is 1.17 bits per heavy atom. The Kier molecular flexibility index (Phi) is 2.63. The zero-order chi connectivity index (χ0) is 15.6. The van der Waals surface area contributed by atoms with E-state index in [1.54, 1.807) is 0 Å². The molecule has 5 nitrogen and oxygen atoms in total. The van der Waals surface area contributed by atoms with Crippen LogP contribution in [0.5, 0.6) is 0 Å². The van der Waals surface area contributed by atoms with E-state index in [0.717, 1.165) is 43.0 Å². The van der Waals surface area contributed by atoms with Gasteiger partial charge in [0.15, 0.2) is 5.49 Å². The molecular weight excluding hydrogens is 356 g/mol. The molecule has 0 aliphatic carbocycles. The molecule has 23 heavy (non-hydrogen) atoms. The highest BCUT2D eigenvalue weighted by Gasteiger charge is 2.16. The van der Waals surface area contributed by atoms with E-state index in [1.807, 2.05) is 18.2 Å². The van der Waals surface area contributed by atoms with E-state index in [9.17, 15) is 5.11 Å². The van der Waals surface area contributed by atoms with Crippen LogP contribution in [0.1, 0.15) is 5.69 Å². The van der Waals surface area contributed by atoms with E-state index in [0.29, 0.717) is 6.67 Å². The van der Waals surface area contributed by atoms with Gasteiger partial charge in [0.05, 0.1) is 23.2 Å². The molecule has 2 N–H and O–H groups in total. The molecular formula is C17H13BrN4O. The lowest BCUT2D eigenvalue weighted by Crippen LogP contribution is -2.14. The van der Waals surface area contributed by atoms with E-state index >= 15 is 0 Å². The Hall–Kier alpha value is -2.31. The van der Waals surface area contributed by atoms with Crippen LogP contribution in [0.2, 0.25) is 0 Å². The van der Waals surface area contributed by atoms with Gasteiger partial charge in [-0.2, -0.15) is 5.10 Å². The summed E-state index contributed by atoms with van der Waals surface area (Å²) in [6, 6.07) is 14.4. The Bertz CT molecular complexity index is 1170. The number of aromatic nitrogens is 2. The summed E-state index contributed by atoms with van der Waals surface area (Å²) in [7, 11) is 0. The molecule has 3 heterocycles. The van der Waals surface area contributed by atoms with Crippen LogP contribution in [0.4, 0.5) is 0 Å². The molecule has 2 aromatic carbocycles. The first-order valence-electron chi connectivity index (χ1n) is 7.40. The van der Waals surface area contributed by atoms with Crippen LogP contribution < -0.4 is 10.9 Å². The first-order valence-corrected chi connectivity index (χ1v) is 8.20. The number of aliphatic hydroxyl groups excluding tert-OH is 1. The molecule has 0 amide bonds. The molecule has 0 bridgehead atoms. The van der Waals surface area contributed by atoms with Crippen LogP contribution in [0.15, 0.2) is 52.0 Å². The number of hydrogen-bond donors (Lipinski definition) is 2. The summed E-state index contributed by atoms with van der Waals surface area (Å²) in [5, 5.41) is 16.5. The number of benzene rings is 2. The molecule has 0 unspecified atom stereocenters. The van der Waals surface area contributed by atoms with E-state index in [2.05, 4.69) is 59.7 Å². The van der Waals surface area contributed by atoms with Crippen molar-refractivity contribution in [3.05, 3.63) is 58.1 Å². The van der Waals surface area contributed by atoms with Gasteiger partial charge in [0.1, 0.15) is 6.67 Å². The van der Waals surface area contributed by atoms with Gasteiger partial charge in [0.25, 0.3) is 0 Å². The minimum Gasteiger partial charge on any atom is -0.390 e. The zero-order valence-electron chi connectivity index (χ0n) is 12.1. The number of nitrogens with one attached hydrogen (secondary N) is 1. The van der Waals surface area contributed by atoms with E-state index in [-0.39, 0.29) is 6.61 Å². The number of fused-ring (bicyclic) bond motifs is 5. The highest BCUT2D eigenvalue weighted by molar-refractivity contribution is 9.10. The predicted octanol–water partition coefficient (Wildman–Crippen LogP) is 2.68. The SMILES string of the molecule is OCc1cc2cccc3c4n(c5ccc(Br)cc5n1c23)CNN=4. The van der Waals surface area contributed by atoms with Gasteiger partial charge in [-0.25, -0.2) is 0 Å². The second kappa shape index (κ2) is 4.59. The van der Waals surface area contributed by atoms with Gasteiger partial charge in [-0.05, 0) is 30.3 Å². The van der Waals surface area contributed by atoms with Gasteiger partial charge in [0, 0.05) is 20.9 Å². The third-order valence-electron chi connectivity index (χ3n) is 4.44. The molecule has 4 aromatic rings. The molecule has 114 valence electrons. The molecule has 0 saturated heterocycles. The lowest BCUT2D eigenvalue weighted by atomic mass is 10.2. The number of hydrogen-bond acceptors (Lipinski definition) is 3. The van der Waals surface area contributed by atoms with Crippen molar-refractivity contribution in [2.45, 2.75) is 13.3 Å². The second-order valence-electron chi connectivity index (χ2n) is 5.69. The first-order chi connectivity index (χ1) is 11.3. The van der Waals surface area contributed by atoms with Gasteiger partial charge in [0.2, 0.25) is 0 Å². The molecule has 0 spiro atoms. The predicted molar refractivity (Wildman–Crippen MR) is 92.7 cm³/mol. The molecule has 0 atom stereocenters. The Morgan fingerprint density at radius 2 is 2.09 bits per heavy atom. The number of aliphatic hydroxyl groups is 1. The largest absolute Gasteiger partial charge is 0.390 e. The van der Waals surface area contributed by atoms with E-state index in [4.69, 9.17) is 0 Å². The Morgan fingerprint density at radius 3 is 2.96 bits per heavy atom. The fraction of sp³-hybridized carbons (Fsp3) is 0.118. The molecule has 6 heteroatoms. The van der Waals surface area contributed by atoms with Crippen molar-refractivity contribution in [1.82, 2.24) is 14.4 Å². The summed E-state index contributed by atoms with van der Waals surface area (Å²) >= 11 is 3.57.